The van der Waals surface area contributed by atoms with Crippen LogP contribution >= 0.6 is 23.2 Å². The Hall–Kier alpha value is -2.05. The average molecular weight is 399 g/mol. The molecule has 0 fully saturated rings. The number of nitrogens with one attached hydrogen (secondary N) is 2. The minimum absolute atomic E-state index is 0.449. The van der Waals surface area contributed by atoms with E-state index >= 15 is 0 Å². The standard InChI is InChI=1S/C18H24Cl2N4O2/c1-5-21-18(23-11-13-9-14(19)17(20)24(13)2)22-10-12-7-6-8-15(25-3)16(12)26-4/h6-9H,5,10-11H2,1-4H3,(H2,21,22,23). The second-order valence-corrected chi connectivity index (χ2v) is 6.30. The third-order valence-corrected chi connectivity index (χ3v) is 4.73. The quantitative estimate of drug-likeness (QED) is 0.552. The van der Waals surface area contributed by atoms with Crippen LogP contribution in [0.2, 0.25) is 10.2 Å². The van der Waals surface area contributed by atoms with E-state index in [2.05, 4.69) is 15.6 Å². The fourth-order valence-electron chi connectivity index (χ4n) is 2.52. The number of benzene rings is 1. The molecule has 0 saturated carbocycles. The number of aromatic nitrogens is 1. The summed E-state index contributed by atoms with van der Waals surface area (Å²) in [6.07, 6.45) is 0. The van der Waals surface area contributed by atoms with E-state index in [0.717, 1.165) is 17.8 Å². The zero-order valence-electron chi connectivity index (χ0n) is 15.4. The van der Waals surface area contributed by atoms with Crippen LogP contribution in [0.4, 0.5) is 0 Å². The molecule has 0 spiro atoms. The number of para-hydroxylation sites is 1. The molecule has 8 heteroatoms. The van der Waals surface area contributed by atoms with E-state index in [0.29, 0.717) is 40.7 Å². The number of hydrogen-bond acceptors (Lipinski definition) is 3. The van der Waals surface area contributed by atoms with Gasteiger partial charge in [-0.2, -0.15) is 0 Å². The van der Waals surface area contributed by atoms with Crippen LogP contribution in [0.5, 0.6) is 11.5 Å². The highest BCUT2D eigenvalue weighted by Gasteiger charge is 2.11. The summed E-state index contributed by atoms with van der Waals surface area (Å²) in [5.74, 6) is 2.06. The molecule has 0 atom stereocenters. The predicted octanol–water partition coefficient (Wildman–Crippen LogP) is 3.60. The van der Waals surface area contributed by atoms with Crippen molar-refractivity contribution in [1.29, 1.82) is 0 Å². The molecule has 0 saturated heterocycles. The highest BCUT2D eigenvalue weighted by atomic mass is 35.5. The first-order valence-electron chi connectivity index (χ1n) is 8.23. The van der Waals surface area contributed by atoms with Crippen LogP contribution in [-0.4, -0.2) is 31.3 Å². The first-order valence-corrected chi connectivity index (χ1v) is 8.99. The Labute approximate surface area is 164 Å². The third kappa shape index (κ3) is 4.77. The molecule has 1 heterocycles. The molecular formula is C18H24Cl2N4O2. The lowest BCUT2D eigenvalue weighted by molar-refractivity contribution is 0.352. The predicted molar refractivity (Wildman–Crippen MR) is 107 cm³/mol. The van der Waals surface area contributed by atoms with Crippen molar-refractivity contribution in [3.8, 4) is 11.5 Å². The van der Waals surface area contributed by atoms with Gasteiger partial charge in [0.25, 0.3) is 0 Å². The summed E-state index contributed by atoms with van der Waals surface area (Å²) in [6.45, 7) is 3.75. The Morgan fingerprint density at radius 3 is 2.54 bits per heavy atom. The van der Waals surface area contributed by atoms with Crippen LogP contribution < -0.4 is 20.1 Å². The molecule has 0 aliphatic rings. The molecule has 6 nitrogen and oxygen atoms in total. The number of halogens is 2. The first kappa shape index (κ1) is 20.3. The number of hydrogen-bond donors (Lipinski definition) is 2. The van der Waals surface area contributed by atoms with E-state index in [4.69, 9.17) is 32.7 Å². The number of methoxy groups -OCH3 is 2. The number of guanidine groups is 1. The van der Waals surface area contributed by atoms with Crippen molar-refractivity contribution in [2.75, 3.05) is 20.8 Å². The molecule has 2 aromatic rings. The number of nitrogens with zero attached hydrogens (tertiary/aromatic N) is 2. The van der Waals surface area contributed by atoms with Crippen LogP contribution in [0.25, 0.3) is 0 Å². The minimum Gasteiger partial charge on any atom is -0.493 e. The van der Waals surface area contributed by atoms with Crippen molar-refractivity contribution in [1.82, 2.24) is 15.2 Å². The fourth-order valence-corrected chi connectivity index (χ4v) is 2.93. The summed E-state index contributed by atoms with van der Waals surface area (Å²) < 4.78 is 12.6. The van der Waals surface area contributed by atoms with Gasteiger partial charge in [0.1, 0.15) is 5.15 Å². The van der Waals surface area contributed by atoms with Gasteiger partial charge in [0.15, 0.2) is 17.5 Å². The molecule has 0 unspecified atom stereocenters. The monoisotopic (exact) mass is 398 g/mol. The summed E-state index contributed by atoms with van der Waals surface area (Å²) >= 11 is 12.2. The van der Waals surface area contributed by atoms with Gasteiger partial charge in [-0.25, -0.2) is 4.99 Å². The highest BCUT2D eigenvalue weighted by Crippen LogP contribution is 2.31. The normalized spacial score (nSPS) is 11.4. The largest absolute Gasteiger partial charge is 0.493 e. The minimum atomic E-state index is 0.449. The summed E-state index contributed by atoms with van der Waals surface area (Å²) in [6, 6.07) is 7.58. The van der Waals surface area contributed by atoms with Crippen LogP contribution in [0.3, 0.4) is 0 Å². The van der Waals surface area contributed by atoms with Crippen molar-refractivity contribution in [3.05, 3.63) is 45.7 Å². The van der Waals surface area contributed by atoms with Crippen molar-refractivity contribution < 1.29 is 9.47 Å². The fraction of sp³-hybridized carbons (Fsp3) is 0.389. The molecule has 0 aliphatic heterocycles. The number of ether oxygens (including phenoxy) is 2. The van der Waals surface area contributed by atoms with Gasteiger partial charge < -0.3 is 24.7 Å². The molecular weight excluding hydrogens is 375 g/mol. The Morgan fingerprint density at radius 2 is 1.96 bits per heavy atom. The smallest absolute Gasteiger partial charge is 0.191 e. The van der Waals surface area contributed by atoms with Gasteiger partial charge in [-0.3, -0.25) is 0 Å². The zero-order chi connectivity index (χ0) is 19.1. The molecule has 0 aliphatic carbocycles. The van der Waals surface area contributed by atoms with Crippen molar-refractivity contribution in [2.24, 2.45) is 12.0 Å². The van der Waals surface area contributed by atoms with Crippen LogP contribution in [-0.2, 0) is 20.1 Å². The van der Waals surface area contributed by atoms with Gasteiger partial charge in [-0.1, -0.05) is 35.3 Å². The Balaban J connectivity index is 2.13. The molecule has 0 amide bonds. The highest BCUT2D eigenvalue weighted by molar-refractivity contribution is 6.41. The molecule has 1 aromatic carbocycles. The molecule has 142 valence electrons. The Kier molecular flexibility index (Phi) is 7.48. The van der Waals surface area contributed by atoms with E-state index in [1.165, 1.54) is 0 Å². The summed E-state index contributed by atoms with van der Waals surface area (Å²) in [5.41, 5.74) is 1.90. The van der Waals surface area contributed by atoms with Gasteiger partial charge in [0.05, 0.1) is 32.3 Å². The van der Waals surface area contributed by atoms with Gasteiger partial charge >= 0.3 is 0 Å². The molecule has 0 bridgehead atoms. The summed E-state index contributed by atoms with van der Waals surface area (Å²) in [4.78, 5) is 4.63. The average Bonchev–Trinajstić information content (AvgIpc) is 2.90. The van der Waals surface area contributed by atoms with Crippen LogP contribution in [0, 0.1) is 0 Å². The van der Waals surface area contributed by atoms with Crippen LogP contribution in [0.1, 0.15) is 18.2 Å². The molecule has 2 N–H and O–H groups in total. The van der Waals surface area contributed by atoms with Gasteiger partial charge in [0, 0.05) is 24.8 Å². The van der Waals surface area contributed by atoms with Gasteiger partial charge in [-0.15, -0.1) is 0 Å². The zero-order valence-corrected chi connectivity index (χ0v) is 16.9. The second kappa shape index (κ2) is 9.59. The molecule has 1 aromatic heterocycles. The maximum Gasteiger partial charge on any atom is 0.191 e. The van der Waals surface area contributed by atoms with Crippen LogP contribution in [0.15, 0.2) is 29.3 Å². The first-order chi connectivity index (χ1) is 12.5. The van der Waals surface area contributed by atoms with Crippen molar-refractivity contribution >= 4 is 29.2 Å². The Morgan fingerprint density at radius 1 is 1.19 bits per heavy atom. The third-order valence-electron chi connectivity index (χ3n) is 3.89. The maximum absolute atomic E-state index is 6.11. The van der Waals surface area contributed by atoms with E-state index in [-0.39, 0.29) is 0 Å². The van der Waals surface area contributed by atoms with Crippen molar-refractivity contribution in [3.63, 3.8) is 0 Å². The van der Waals surface area contributed by atoms with E-state index < -0.39 is 0 Å². The second-order valence-electron chi connectivity index (χ2n) is 5.53. The SMILES string of the molecule is CCNC(=NCc1cccc(OC)c1OC)NCc1cc(Cl)c(Cl)n1C. The van der Waals surface area contributed by atoms with Gasteiger partial charge in [-0.05, 0) is 19.1 Å². The lowest BCUT2D eigenvalue weighted by Gasteiger charge is -2.14. The van der Waals surface area contributed by atoms with Gasteiger partial charge in [0.2, 0.25) is 0 Å². The maximum atomic E-state index is 6.11. The summed E-state index contributed by atoms with van der Waals surface area (Å²) in [7, 11) is 5.11. The van der Waals surface area contributed by atoms with Crippen molar-refractivity contribution in [2.45, 2.75) is 20.0 Å². The molecule has 0 radical (unpaired) electrons. The lowest BCUT2D eigenvalue weighted by atomic mass is 10.2. The topological polar surface area (TPSA) is 59.8 Å². The number of rotatable bonds is 7. The lowest BCUT2D eigenvalue weighted by Crippen LogP contribution is -2.37. The van der Waals surface area contributed by atoms with E-state index in [1.54, 1.807) is 14.2 Å². The molecule has 2 rings (SSSR count). The van der Waals surface area contributed by atoms with E-state index in [9.17, 15) is 0 Å². The number of aliphatic imine (C=N–C) groups is 1. The molecule has 26 heavy (non-hydrogen) atoms. The summed E-state index contributed by atoms with van der Waals surface area (Å²) in [5, 5.41) is 7.56. The van der Waals surface area contributed by atoms with E-state index in [1.807, 2.05) is 42.8 Å². The Bertz CT molecular complexity index is 775.